The summed E-state index contributed by atoms with van der Waals surface area (Å²) in [6.45, 7) is 8.76. The van der Waals surface area contributed by atoms with Crippen LogP contribution in [0.5, 0.6) is 28.7 Å². The molecule has 2 aromatic carbocycles. The van der Waals surface area contributed by atoms with Gasteiger partial charge < -0.3 is 39.8 Å². The highest BCUT2D eigenvalue weighted by atomic mass is 16.7. The SMILES string of the molecule is CCCCCC(=O)N[C@@H](C)C(=O)NC[C@H]1c2c(c(OC(C)=O)c(C)c3c2OCO3)CC2[C@H]3c4c(cc(C)c(OC)c4O)C[C@@H]([C@H](O)N21)N3C. The number of esters is 1. The maximum atomic E-state index is 13.5. The van der Waals surface area contributed by atoms with Crippen LogP contribution in [-0.4, -0.2) is 89.6 Å². The van der Waals surface area contributed by atoms with Gasteiger partial charge in [0, 0.05) is 48.2 Å². The van der Waals surface area contributed by atoms with Gasteiger partial charge in [0.1, 0.15) is 18.0 Å². The summed E-state index contributed by atoms with van der Waals surface area (Å²) in [6, 6.07) is -0.597. The molecule has 6 rings (SSSR count). The number of hydrogen-bond donors (Lipinski definition) is 4. The minimum atomic E-state index is -0.980. The molecule has 1 unspecified atom stereocenters. The molecule has 4 aliphatic heterocycles. The maximum Gasteiger partial charge on any atom is 0.308 e. The van der Waals surface area contributed by atoms with Crippen LogP contribution < -0.4 is 29.6 Å². The molecule has 1 fully saturated rings. The Balaban J connectivity index is 1.44. The van der Waals surface area contributed by atoms with E-state index in [1.54, 1.807) is 6.92 Å². The van der Waals surface area contributed by atoms with Gasteiger partial charge in [0.2, 0.25) is 18.6 Å². The Kier molecular flexibility index (Phi) is 9.71. The molecule has 13 nitrogen and oxygen atoms in total. The first kappa shape index (κ1) is 34.8. The summed E-state index contributed by atoms with van der Waals surface area (Å²) in [4.78, 5) is 42.6. The van der Waals surface area contributed by atoms with E-state index in [4.69, 9.17) is 18.9 Å². The van der Waals surface area contributed by atoms with E-state index in [-0.39, 0.29) is 36.9 Å². The normalized spacial score (nSPS) is 24.3. The van der Waals surface area contributed by atoms with Gasteiger partial charge in [-0.1, -0.05) is 25.8 Å². The van der Waals surface area contributed by atoms with Crippen LogP contribution in [0.2, 0.25) is 0 Å². The number of hydrogen-bond acceptors (Lipinski definition) is 11. The predicted octanol–water partition coefficient (Wildman–Crippen LogP) is 3.07. The minimum Gasteiger partial charge on any atom is -0.504 e. The number of amides is 2. The number of methoxy groups -OCH3 is 1. The van der Waals surface area contributed by atoms with E-state index < -0.39 is 36.4 Å². The molecule has 0 aliphatic carbocycles. The lowest BCUT2D eigenvalue weighted by molar-refractivity contribution is -0.172. The minimum absolute atomic E-state index is 0.0350. The van der Waals surface area contributed by atoms with E-state index in [2.05, 4.69) is 22.5 Å². The van der Waals surface area contributed by atoms with Crippen LogP contribution in [0.4, 0.5) is 0 Å². The molecule has 13 heteroatoms. The highest BCUT2D eigenvalue weighted by molar-refractivity contribution is 5.87. The van der Waals surface area contributed by atoms with E-state index in [9.17, 15) is 24.6 Å². The number of carbonyl (C=O) groups excluding carboxylic acids is 3. The number of nitrogens with zero attached hydrogens (tertiary/aromatic N) is 2. The standard InChI is InChI=1S/C36H48N4O9/c1-8-9-10-11-26(42)38-19(4)35(44)37-15-25-28-22(32(49-20(5)41)18(3)33-34(28)48-16-47-33)14-23-29-27-21(12-17(2)31(46-7)30(27)43)13-24(39(29)6)36(45)40(23)25/h12,19,23-25,29,36,43,45H,8-11,13-16H2,1-7H3,(H,37,44)(H,38,42)/t19-,23?,24-,25-,29-,36-/m0/s1. The second-order valence-electron chi connectivity index (χ2n) is 13.7. The third-order valence-electron chi connectivity index (χ3n) is 10.6. The number of rotatable bonds is 10. The van der Waals surface area contributed by atoms with Crippen molar-refractivity contribution in [1.29, 1.82) is 0 Å². The molecule has 4 N–H and O–H groups in total. The topological polar surface area (TPSA) is 159 Å². The lowest BCUT2D eigenvalue weighted by atomic mass is 9.73. The first-order chi connectivity index (χ1) is 23.4. The molecule has 49 heavy (non-hydrogen) atoms. The lowest BCUT2D eigenvalue weighted by Crippen LogP contribution is -2.69. The Morgan fingerprint density at radius 2 is 1.82 bits per heavy atom. The molecular weight excluding hydrogens is 632 g/mol. The van der Waals surface area contributed by atoms with Gasteiger partial charge >= 0.3 is 5.97 Å². The number of phenolic OH excluding ortho intramolecular Hbond substituents is 1. The predicted molar refractivity (Wildman–Crippen MR) is 179 cm³/mol. The van der Waals surface area contributed by atoms with Crippen LogP contribution in [-0.2, 0) is 27.2 Å². The van der Waals surface area contributed by atoms with Crippen LogP contribution >= 0.6 is 0 Å². The Labute approximate surface area is 286 Å². The Morgan fingerprint density at radius 3 is 2.51 bits per heavy atom. The number of carbonyl (C=O) groups is 3. The van der Waals surface area contributed by atoms with Crippen molar-refractivity contribution in [1.82, 2.24) is 20.4 Å². The van der Waals surface area contributed by atoms with Crippen LogP contribution in [0.1, 0.15) is 91.9 Å². The van der Waals surface area contributed by atoms with E-state index in [1.807, 2.05) is 31.9 Å². The van der Waals surface area contributed by atoms with Gasteiger partial charge in [0.05, 0.1) is 25.2 Å². The summed E-state index contributed by atoms with van der Waals surface area (Å²) >= 11 is 0. The fraction of sp³-hybridized carbons (Fsp3) is 0.583. The number of phenols is 1. The summed E-state index contributed by atoms with van der Waals surface area (Å²) in [5, 5.41) is 29.7. The van der Waals surface area contributed by atoms with Crippen LogP contribution in [0.3, 0.4) is 0 Å². The number of benzene rings is 2. The highest BCUT2D eigenvalue weighted by Crippen LogP contribution is 2.58. The van der Waals surface area contributed by atoms with E-state index in [0.717, 1.165) is 36.0 Å². The third-order valence-corrected chi connectivity index (χ3v) is 10.6. The first-order valence-corrected chi connectivity index (χ1v) is 17.2. The molecule has 2 aromatic rings. The number of aromatic hydroxyl groups is 1. The van der Waals surface area contributed by atoms with Gasteiger partial charge in [0.25, 0.3) is 0 Å². The van der Waals surface area contributed by atoms with Crippen molar-refractivity contribution in [3.63, 3.8) is 0 Å². The average molecular weight is 681 g/mol. The number of nitrogens with one attached hydrogen (secondary N) is 2. The quantitative estimate of drug-likeness (QED) is 0.166. The van der Waals surface area contributed by atoms with Crippen molar-refractivity contribution in [3.05, 3.63) is 39.4 Å². The molecule has 0 spiro atoms. The molecule has 0 aromatic heterocycles. The summed E-state index contributed by atoms with van der Waals surface area (Å²) in [5.41, 5.74) is 4.44. The summed E-state index contributed by atoms with van der Waals surface area (Å²) in [7, 11) is 3.47. The van der Waals surface area contributed by atoms with E-state index in [0.29, 0.717) is 59.0 Å². The second kappa shape index (κ2) is 13.7. The van der Waals surface area contributed by atoms with Gasteiger partial charge in [-0.15, -0.1) is 0 Å². The maximum absolute atomic E-state index is 13.5. The van der Waals surface area contributed by atoms with Crippen molar-refractivity contribution < 1.29 is 43.5 Å². The zero-order valence-corrected chi connectivity index (χ0v) is 29.3. The van der Waals surface area contributed by atoms with Crippen LogP contribution in [0.15, 0.2) is 6.07 Å². The molecule has 2 amide bonds. The van der Waals surface area contributed by atoms with Crippen molar-refractivity contribution in [3.8, 4) is 28.7 Å². The first-order valence-electron chi connectivity index (χ1n) is 17.2. The van der Waals surface area contributed by atoms with E-state index >= 15 is 0 Å². The largest absolute Gasteiger partial charge is 0.504 e. The van der Waals surface area contributed by atoms with Gasteiger partial charge in [-0.05, 0) is 58.2 Å². The number of piperazine rings is 1. The summed E-state index contributed by atoms with van der Waals surface area (Å²) < 4.78 is 23.4. The van der Waals surface area contributed by atoms with Gasteiger partial charge in [-0.2, -0.15) is 0 Å². The van der Waals surface area contributed by atoms with Gasteiger partial charge in [-0.3, -0.25) is 24.2 Å². The van der Waals surface area contributed by atoms with Crippen LogP contribution in [0, 0.1) is 13.8 Å². The second-order valence-corrected chi connectivity index (χ2v) is 13.7. The summed E-state index contributed by atoms with van der Waals surface area (Å²) in [5.74, 6) is 0.688. The number of aliphatic hydroxyl groups excluding tert-OH is 1. The molecular formula is C36H48N4O9. The number of aliphatic hydroxyl groups is 1. The number of unbranched alkanes of at least 4 members (excludes halogenated alkanes) is 2. The van der Waals surface area contributed by atoms with Crippen LogP contribution in [0.25, 0.3) is 0 Å². The third kappa shape index (κ3) is 5.95. The molecule has 1 saturated heterocycles. The van der Waals surface area contributed by atoms with Crippen molar-refractivity contribution in [2.75, 3.05) is 27.5 Å². The fourth-order valence-electron chi connectivity index (χ4n) is 8.39. The van der Waals surface area contributed by atoms with Gasteiger partial charge in [-0.25, -0.2) is 0 Å². The number of ether oxygens (including phenoxy) is 4. The molecule has 266 valence electrons. The van der Waals surface area contributed by atoms with E-state index in [1.165, 1.54) is 14.0 Å². The smallest absolute Gasteiger partial charge is 0.308 e. The fourth-order valence-corrected chi connectivity index (χ4v) is 8.39. The molecule has 0 radical (unpaired) electrons. The summed E-state index contributed by atoms with van der Waals surface area (Å²) in [6.07, 6.45) is 2.85. The zero-order chi connectivity index (χ0) is 35.3. The molecule has 0 saturated carbocycles. The monoisotopic (exact) mass is 680 g/mol. The number of likely N-dealkylation sites (N-methyl/N-ethyl adjacent to an activating group) is 1. The molecule has 6 atom stereocenters. The van der Waals surface area contributed by atoms with Crippen molar-refractivity contribution in [2.24, 2.45) is 0 Å². The Hall–Kier alpha value is -4.07. The lowest BCUT2D eigenvalue weighted by Gasteiger charge is -2.60. The molecule has 4 aliphatic rings. The number of fused-ring (bicyclic) bond motifs is 9. The molecule has 4 heterocycles. The number of aryl methyl sites for hydroxylation is 1. The molecule has 2 bridgehead atoms. The highest BCUT2D eigenvalue weighted by Gasteiger charge is 2.56. The Morgan fingerprint density at radius 1 is 1.08 bits per heavy atom. The zero-order valence-electron chi connectivity index (χ0n) is 29.3. The van der Waals surface area contributed by atoms with Gasteiger partial charge in [0.15, 0.2) is 23.0 Å². The Bertz CT molecular complexity index is 1660. The van der Waals surface area contributed by atoms with Crippen molar-refractivity contribution in [2.45, 2.75) is 110 Å². The van der Waals surface area contributed by atoms with Crippen molar-refractivity contribution >= 4 is 17.8 Å². The average Bonchev–Trinajstić information content (AvgIpc) is 3.54.